The molecule has 0 spiro atoms. The molecule has 0 fully saturated rings. The number of rotatable bonds is 3. The molecule has 0 aliphatic rings. The van der Waals surface area contributed by atoms with Gasteiger partial charge in [-0.2, -0.15) is 0 Å². The van der Waals surface area contributed by atoms with Gasteiger partial charge in [-0.3, -0.25) is 9.59 Å². The van der Waals surface area contributed by atoms with Crippen LogP contribution in [0.15, 0.2) is 48.5 Å². The zero-order chi connectivity index (χ0) is 16.6. The summed E-state index contributed by atoms with van der Waals surface area (Å²) < 4.78 is 1.77. The van der Waals surface area contributed by atoms with Gasteiger partial charge >= 0.3 is 0 Å². The molecule has 0 aliphatic carbocycles. The van der Waals surface area contributed by atoms with Crippen molar-refractivity contribution < 1.29 is 9.59 Å². The largest absolute Gasteiger partial charge is 0.366 e. The normalized spacial score (nSPS) is 10.7. The van der Waals surface area contributed by atoms with Crippen LogP contribution in [0.4, 0.5) is 5.69 Å². The Morgan fingerprint density at radius 2 is 1.91 bits per heavy atom. The molecule has 0 unspecified atom stereocenters. The van der Waals surface area contributed by atoms with Crippen molar-refractivity contribution in [3.8, 4) is 0 Å². The van der Waals surface area contributed by atoms with E-state index in [1.807, 2.05) is 6.07 Å². The molecule has 0 aliphatic heterocycles. The quantitative estimate of drug-likeness (QED) is 0.775. The van der Waals surface area contributed by atoms with Crippen LogP contribution in [-0.4, -0.2) is 16.4 Å². The molecule has 0 atom stereocenters. The molecule has 1 heterocycles. The summed E-state index contributed by atoms with van der Waals surface area (Å²) in [7, 11) is 1.80. The van der Waals surface area contributed by atoms with Crippen molar-refractivity contribution >= 4 is 40.0 Å². The standard InChI is InChI=1S/C17H14ClN3O2/c1-21-14-9-12(18)6-5-10(14)8-15(21)17(23)20-13-4-2-3-11(7-13)16(19)22/h2-9H,1H3,(H2,19,22)(H,20,23). The number of fused-ring (bicyclic) bond motifs is 1. The number of carbonyl (C=O) groups is 2. The fraction of sp³-hybridized carbons (Fsp3) is 0.0588. The van der Waals surface area contributed by atoms with Crippen molar-refractivity contribution in [2.45, 2.75) is 0 Å². The van der Waals surface area contributed by atoms with Gasteiger partial charge in [0, 0.05) is 34.2 Å². The third-order valence-electron chi connectivity index (χ3n) is 3.65. The maximum Gasteiger partial charge on any atom is 0.272 e. The number of nitrogens with zero attached hydrogens (tertiary/aromatic N) is 1. The highest BCUT2D eigenvalue weighted by molar-refractivity contribution is 6.31. The molecule has 0 saturated heterocycles. The summed E-state index contributed by atoms with van der Waals surface area (Å²) in [6.45, 7) is 0. The lowest BCUT2D eigenvalue weighted by atomic mass is 10.2. The summed E-state index contributed by atoms with van der Waals surface area (Å²) in [5.74, 6) is -0.818. The monoisotopic (exact) mass is 327 g/mol. The number of aryl methyl sites for hydroxylation is 1. The molecule has 5 nitrogen and oxygen atoms in total. The molecule has 0 bridgehead atoms. The minimum atomic E-state index is -0.541. The van der Waals surface area contributed by atoms with Crippen LogP contribution >= 0.6 is 11.6 Å². The Morgan fingerprint density at radius 3 is 2.65 bits per heavy atom. The minimum Gasteiger partial charge on any atom is -0.366 e. The Morgan fingerprint density at radius 1 is 1.13 bits per heavy atom. The van der Waals surface area contributed by atoms with Crippen molar-refractivity contribution in [1.29, 1.82) is 0 Å². The number of aromatic nitrogens is 1. The fourth-order valence-electron chi connectivity index (χ4n) is 2.47. The van der Waals surface area contributed by atoms with Gasteiger partial charge in [-0.25, -0.2) is 0 Å². The van der Waals surface area contributed by atoms with Crippen molar-refractivity contribution in [3.63, 3.8) is 0 Å². The van der Waals surface area contributed by atoms with E-state index in [0.717, 1.165) is 10.9 Å². The zero-order valence-corrected chi connectivity index (χ0v) is 13.1. The van der Waals surface area contributed by atoms with Crippen LogP contribution in [0.3, 0.4) is 0 Å². The number of hydrogen-bond donors (Lipinski definition) is 2. The Bertz CT molecular complexity index is 931. The van der Waals surface area contributed by atoms with Crippen molar-refractivity contribution in [2.24, 2.45) is 12.8 Å². The van der Waals surface area contributed by atoms with Crippen molar-refractivity contribution in [3.05, 3.63) is 64.8 Å². The number of primary amides is 1. The van der Waals surface area contributed by atoms with E-state index in [0.29, 0.717) is 22.0 Å². The number of nitrogens with two attached hydrogens (primary N) is 1. The highest BCUT2D eigenvalue weighted by Crippen LogP contribution is 2.23. The molecule has 0 saturated carbocycles. The summed E-state index contributed by atoms with van der Waals surface area (Å²) in [5, 5.41) is 4.30. The van der Waals surface area contributed by atoms with Gasteiger partial charge in [-0.05, 0) is 36.4 Å². The Kier molecular flexibility index (Phi) is 3.80. The molecule has 3 rings (SSSR count). The number of carbonyl (C=O) groups excluding carboxylic acids is 2. The highest BCUT2D eigenvalue weighted by atomic mass is 35.5. The molecule has 23 heavy (non-hydrogen) atoms. The van der Waals surface area contributed by atoms with Crippen molar-refractivity contribution in [1.82, 2.24) is 4.57 Å². The summed E-state index contributed by atoms with van der Waals surface area (Å²) in [6.07, 6.45) is 0. The molecule has 0 radical (unpaired) electrons. The first kappa shape index (κ1) is 15.1. The summed E-state index contributed by atoms with van der Waals surface area (Å²) in [4.78, 5) is 23.7. The van der Waals surface area contributed by atoms with E-state index in [9.17, 15) is 9.59 Å². The van der Waals surface area contributed by atoms with E-state index in [2.05, 4.69) is 5.32 Å². The fourth-order valence-corrected chi connectivity index (χ4v) is 2.63. The van der Waals surface area contributed by atoms with E-state index < -0.39 is 5.91 Å². The number of halogens is 1. The van der Waals surface area contributed by atoms with E-state index in [1.165, 1.54) is 0 Å². The maximum atomic E-state index is 12.5. The van der Waals surface area contributed by atoms with Crippen LogP contribution in [0.1, 0.15) is 20.8 Å². The Hall–Kier alpha value is -2.79. The second kappa shape index (κ2) is 5.78. The lowest BCUT2D eigenvalue weighted by molar-refractivity contribution is 0.0995. The van der Waals surface area contributed by atoms with E-state index in [1.54, 1.807) is 54.1 Å². The van der Waals surface area contributed by atoms with Gasteiger partial charge in [-0.15, -0.1) is 0 Å². The van der Waals surface area contributed by atoms with Gasteiger partial charge in [-0.1, -0.05) is 23.7 Å². The van der Waals surface area contributed by atoms with Gasteiger partial charge < -0.3 is 15.6 Å². The van der Waals surface area contributed by atoms with Gasteiger partial charge in [0.2, 0.25) is 5.91 Å². The second-order valence-electron chi connectivity index (χ2n) is 5.19. The van der Waals surface area contributed by atoms with Crippen LogP contribution in [-0.2, 0) is 7.05 Å². The molecule has 2 amide bonds. The van der Waals surface area contributed by atoms with Crippen LogP contribution < -0.4 is 11.1 Å². The Labute approximate surface area is 137 Å². The van der Waals surface area contributed by atoms with Gasteiger partial charge in [0.05, 0.1) is 0 Å². The number of amides is 2. The lowest BCUT2D eigenvalue weighted by Gasteiger charge is -2.07. The van der Waals surface area contributed by atoms with E-state index in [4.69, 9.17) is 17.3 Å². The van der Waals surface area contributed by atoms with Crippen LogP contribution in [0.5, 0.6) is 0 Å². The molecule has 3 N–H and O–H groups in total. The first-order valence-corrected chi connectivity index (χ1v) is 7.30. The molecule has 2 aromatic carbocycles. The van der Waals surface area contributed by atoms with Crippen LogP contribution in [0.2, 0.25) is 5.02 Å². The number of hydrogen-bond acceptors (Lipinski definition) is 2. The minimum absolute atomic E-state index is 0.276. The predicted molar refractivity (Wildman–Crippen MR) is 90.8 cm³/mol. The smallest absolute Gasteiger partial charge is 0.272 e. The average molecular weight is 328 g/mol. The van der Waals surface area contributed by atoms with Crippen LogP contribution in [0.25, 0.3) is 10.9 Å². The van der Waals surface area contributed by atoms with Gasteiger partial charge in [0.1, 0.15) is 5.69 Å². The van der Waals surface area contributed by atoms with E-state index in [-0.39, 0.29) is 5.91 Å². The molecule has 3 aromatic rings. The van der Waals surface area contributed by atoms with Gasteiger partial charge in [0.15, 0.2) is 0 Å². The first-order valence-electron chi connectivity index (χ1n) is 6.92. The predicted octanol–water partition coefficient (Wildman–Crippen LogP) is 3.18. The molecular weight excluding hydrogens is 314 g/mol. The number of nitrogens with one attached hydrogen (secondary N) is 1. The number of anilines is 1. The zero-order valence-electron chi connectivity index (χ0n) is 12.3. The van der Waals surface area contributed by atoms with Crippen molar-refractivity contribution in [2.75, 3.05) is 5.32 Å². The first-order chi connectivity index (χ1) is 11.0. The topological polar surface area (TPSA) is 77.1 Å². The van der Waals surface area contributed by atoms with E-state index >= 15 is 0 Å². The van der Waals surface area contributed by atoms with Gasteiger partial charge in [0.25, 0.3) is 5.91 Å². The second-order valence-corrected chi connectivity index (χ2v) is 5.63. The molecule has 116 valence electrons. The molecule has 6 heteroatoms. The number of benzene rings is 2. The SMILES string of the molecule is Cn1c(C(=O)Nc2cccc(C(N)=O)c2)cc2ccc(Cl)cc21. The molecular formula is C17H14ClN3O2. The molecule has 1 aromatic heterocycles. The lowest BCUT2D eigenvalue weighted by Crippen LogP contribution is -2.16. The highest BCUT2D eigenvalue weighted by Gasteiger charge is 2.14. The summed E-state index contributed by atoms with van der Waals surface area (Å²) in [6, 6.07) is 13.7. The maximum absolute atomic E-state index is 12.5. The van der Waals surface area contributed by atoms with Crippen LogP contribution in [0, 0.1) is 0 Å². The third-order valence-corrected chi connectivity index (χ3v) is 3.88. The summed E-state index contributed by atoms with van der Waals surface area (Å²) in [5.41, 5.74) is 7.46. The third kappa shape index (κ3) is 2.91. The average Bonchev–Trinajstić information content (AvgIpc) is 2.84. The summed E-state index contributed by atoms with van der Waals surface area (Å²) >= 11 is 6.00. The Balaban J connectivity index is 1.93.